The van der Waals surface area contributed by atoms with E-state index in [4.69, 9.17) is 5.11 Å². The molecule has 0 aromatic heterocycles. The van der Waals surface area contributed by atoms with E-state index < -0.39 is 23.1 Å². The fraction of sp³-hybridized carbons (Fsp3) is 0.0769. The topological polar surface area (TPSA) is 60.7 Å². The molecular weight excluding hydrogens is 242 g/mol. The first kappa shape index (κ1) is 12.2. The minimum Gasteiger partial charge on any atom is -0.508 e. The predicted molar refractivity (Wildman–Crippen MR) is 61.5 cm³/mol. The number of phenolic OH excluding ortho intramolecular Hbond substituents is 3. The lowest BCUT2D eigenvalue weighted by molar-refractivity contribution is 0.430. The van der Waals surface area contributed by atoms with E-state index in [9.17, 15) is 19.0 Å². The molecular formula is C13H10F2O3. The first-order valence-corrected chi connectivity index (χ1v) is 5.11. The van der Waals surface area contributed by atoms with Gasteiger partial charge in [-0.05, 0) is 24.6 Å². The van der Waals surface area contributed by atoms with E-state index in [0.717, 1.165) is 24.3 Å². The lowest BCUT2D eigenvalue weighted by atomic mass is 10.0. The van der Waals surface area contributed by atoms with Gasteiger partial charge in [0.05, 0.1) is 5.56 Å². The summed E-state index contributed by atoms with van der Waals surface area (Å²) in [5.41, 5.74) is -0.285. The van der Waals surface area contributed by atoms with Gasteiger partial charge in [-0.1, -0.05) is 0 Å². The largest absolute Gasteiger partial charge is 0.508 e. The van der Waals surface area contributed by atoms with Gasteiger partial charge in [0, 0.05) is 17.7 Å². The number of hydrogen-bond acceptors (Lipinski definition) is 3. The van der Waals surface area contributed by atoms with Crippen molar-refractivity contribution in [2.45, 2.75) is 6.92 Å². The highest BCUT2D eigenvalue weighted by molar-refractivity contribution is 5.77. The quantitative estimate of drug-likeness (QED) is 0.731. The molecule has 3 N–H and O–H groups in total. The Balaban J connectivity index is 2.70. The second-order valence-electron chi connectivity index (χ2n) is 3.92. The maximum Gasteiger partial charge on any atom is 0.130 e. The fourth-order valence-electron chi connectivity index (χ4n) is 1.68. The summed E-state index contributed by atoms with van der Waals surface area (Å²) in [6.07, 6.45) is 0. The second kappa shape index (κ2) is 4.18. The van der Waals surface area contributed by atoms with Gasteiger partial charge >= 0.3 is 0 Å². The Kier molecular flexibility index (Phi) is 2.82. The molecule has 0 bridgehead atoms. The SMILES string of the molecule is Cc1c(F)cc(-c2c(O)cc(O)cc2O)cc1F. The Bertz CT molecular complexity index is 578. The number of aromatic hydroxyl groups is 3. The van der Waals surface area contributed by atoms with E-state index in [1.54, 1.807) is 0 Å². The fourth-order valence-corrected chi connectivity index (χ4v) is 1.68. The van der Waals surface area contributed by atoms with Crippen LogP contribution in [-0.4, -0.2) is 15.3 Å². The number of hydrogen-bond donors (Lipinski definition) is 3. The van der Waals surface area contributed by atoms with Gasteiger partial charge in [0.15, 0.2) is 0 Å². The normalized spacial score (nSPS) is 10.6. The Hall–Kier alpha value is -2.30. The van der Waals surface area contributed by atoms with Crippen molar-refractivity contribution < 1.29 is 24.1 Å². The molecule has 18 heavy (non-hydrogen) atoms. The van der Waals surface area contributed by atoms with Crippen LogP contribution in [0.4, 0.5) is 8.78 Å². The maximum atomic E-state index is 13.4. The molecule has 2 aromatic rings. The molecule has 2 rings (SSSR count). The third-order valence-electron chi connectivity index (χ3n) is 2.65. The molecule has 0 aliphatic heterocycles. The molecule has 5 heteroatoms. The van der Waals surface area contributed by atoms with E-state index in [-0.39, 0.29) is 22.4 Å². The summed E-state index contributed by atoms with van der Waals surface area (Å²) in [6.45, 7) is 1.28. The Morgan fingerprint density at radius 1 is 0.833 bits per heavy atom. The summed E-state index contributed by atoms with van der Waals surface area (Å²) in [5.74, 6) is -2.83. The zero-order valence-electron chi connectivity index (χ0n) is 9.41. The van der Waals surface area contributed by atoms with Crippen LogP contribution in [0.5, 0.6) is 17.2 Å². The Morgan fingerprint density at radius 2 is 1.28 bits per heavy atom. The lowest BCUT2D eigenvalue weighted by Crippen LogP contribution is -1.91. The van der Waals surface area contributed by atoms with Crippen molar-refractivity contribution in [1.82, 2.24) is 0 Å². The second-order valence-corrected chi connectivity index (χ2v) is 3.92. The average molecular weight is 252 g/mol. The smallest absolute Gasteiger partial charge is 0.130 e. The van der Waals surface area contributed by atoms with Crippen LogP contribution >= 0.6 is 0 Å². The third-order valence-corrected chi connectivity index (χ3v) is 2.65. The van der Waals surface area contributed by atoms with E-state index in [1.807, 2.05) is 0 Å². The number of phenols is 3. The molecule has 2 aromatic carbocycles. The number of rotatable bonds is 1. The first-order valence-electron chi connectivity index (χ1n) is 5.11. The van der Waals surface area contributed by atoms with Gasteiger partial charge in [0.2, 0.25) is 0 Å². The third kappa shape index (κ3) is 1.95. The highest BCUT2D eigenvalue weighted by atomic mass is 19.1. The molecule has 0 spiro atoms. The first-order chi connectivity index (χ1) is 8.40. The van der Waals surface area contributed by atoms with Crippen LogP contribution in [0.2, 0.25) is 0 Å². The highest BCUT2D eigenvalue weighted by Crippen LogP contribution is 2.40. The van der Waals surface area contributed by atoms with Crippen LogP contribution < -0.4 is 0 Å². The predicted octanol–water partition coefficient (Wildman–Crippen LogP) is 3.06. The van der Waals surface area contributed by atoms with E-state index >= 15 is 0 Å². The van der Waals surface area contributed by atoms with Crippen LogP contribution in [-0.2, 0) is 0 Å². The minimum absolute atomic E-state index is 0.00870. The summed E-state index contributed by atoms with van der Waals surface area (Å²) in [4.78, 5) is 0. The van der Waals surface area contributed by atoms with Gasteiger partial charge in [-0.2, -0.15) is 0 Å². The summed E-state index contributed by atoms with van der Waals surface area (Å²) < 4.78 is 26.8. The van der Waals surface area contributed by atoms with Crippen LogP contribution in [0.3, 0.4) is 0 Å². The molecule has 0 fully saturated rings. The van der Waals surface area contributed by atoms with E-state index in [0.29, 0.717) is 0 Å². The van der Waals surface area contributed by atoms with Crippen LogP contribution in [0.25, 0.3) is 11.1 Å². The molecule has 0 aliphatic rings. The lowest BCUT2D eigenvalue weighted by Gasteiger charge is -2.09. The maximum absolute atomic E-state index is 13.4. The van der Waals surface area contributed by atoms with E-state index in [1.165, 1.54) is 6.92 Å². The van der Waals surface area contributed by atoms with Gasteiger partial charge in [-0.3, -0.25) is 0 Å². The molecule has 0 radical (unpaired) electrons. The number of benzene rings is 2. The number of halogens is 2. The Labute approximate surface area is 102 Å². The molecule has 0 heterocycles. The van der Waals surface area contributed by atoms with E-state index in [2.05, 4.69) is 0 Å². The van der Waals surface area contributed by atoms with Crippen LogP contribution in [0.15, 0.2) is 24.3 Å². The molecule has 0 aliphatic carbocycles. The average Bonchev–Trinajstić information content (AvgIpc) is 2.24. The minimum atomic E-state index is -0.781. The Morgan fingerprint density at radius 3 is 1.72 bits per heavy atom. The van der Waals surface area contributed by atoms with Gasteiger partial charge < -0.3 is 15.3 Å². The summed E-state index contributed by atoms with van der Waals surface area (Å²) in [7, 11) is 0. The molecule has 0 saturated carbocycles. The summed E-state index contributed by atoms with van der Waals surface area (Å²) in [6, 6.07) is 3.96. The van der Waals surface area contributed by atoms with Gasteiger partial charge in [-0.15, -0.1) is 0 Å². The molecule has 0 atom stereocenters. The van der Waals surface area contributed by atoms with Gasteiger partial charge in [0.25, 0.3) is 0 Å². The zero-order chi connectivity index (χ0) is 13.4. The van der Waals surface area contributed by atoms with Crippen molar-refractivity contribution in [2.24, 2.45) is 0 Å². The molecule has 94 valence electrons. The van der Waals surface area contributed by atoms with Gasteiger partial charge in [-0.25, -0.2) is 8.78 Å². The molecule has 0 unspecified atom stereocenters. The van der Waals surface area contributed by atoms with Gasteiger partial charge in [0.1, 0.15) is 28.9 Å². The van der Waals surface area contributed by atoms with Crippen molar-refractivity contribution in [3.8, 4) is 28.4 Å². The molecule has 3 nitrogen and oxygen atoms in total. The van der Waals surface area contributed by atoms with Crippen molar-refractivity contribution >= 4 is 0 Å². The van der Waals surface area contributed by atoms with Crippen molar-refractivity contribution in [3.63, 3.8) is 0 Å². The molecule has 0 saturated heterocycles. The highest BCUT2D eigenvalue weighted by Gasteiger charge is 2.15. The summed E-state index contributed by atoms with van der Waals surface area (Å²) in [5, 5.41) is 28.4. The standard InChI is InChI=1S/C13H10F2O3/c1-6-9(14)2-7(3-10(6)15)13-11(17)4-8(16)5-12(13)18/h2-5,16-18H,1H3. The monoisotopic (exact) mass is 252 g/mol. The van der Waals surface area contributed by atoms with Crippen molar-refractivity contribution in [3.05, 3.63) is 41.5 Å². The van der Waals surface area contributed by atoms with Crippen LogP contribution in [0, 0.1) is 18.6 Å². The van der Waals surface area contributed by atoms with Crippen molar-refractivity contribution in [2.75, 3.05) is 0 Å². The zero-order valence-corrected chi connectivity index (χ0v) is 9.41. The van der Waals surface area contributed by atoms with Crippen LogP contribution in [0.1, 0.15) is 5.56 Å². The van der Waals surface area contributed by atoms with Crippen molar-refractivity contribution in [1.29, 1.82) is 0 Å². The molecule has 0 amide bonds. The summed E-state index contributed by atoms with van der Waals surface area (Å²) >= 11 is 0.